The highest BCUT2D eigenvalue weighted by Gasteiger charge is 2.25. The summed E-state index contributed by atoms with van der Waals surface area (Å²) in [5.41, 5.74) is 2.34. The molecule has 0 heterocycles. The molecule has 7 heteroatoms. The number of aliphatic carboxylic acids is 2. The largest absolute Gasteiger partial charge is 0.481 e. The van der Waals surface area contributed by atoms with Gasteiger partial charge in [0.05, 0.1) is 18.2 Å². The highest BCUT2D eigenvalue weighted by molar-refractivity contribution is 8.01. The molecule has 23 heavy (non-hydrogen) atoms. The fourth-order valence-corrected chi connectivity index (χ4v) is 3.53. The molecule has 1 aromatic carbocycles. The Bertz CT molecular complexity index is 604. The number of amides is 1. The van der Waals surface area contributed by atoms with Gasteiger partial charge >= 0.3 is 11.9 Å². The first-order valence-electron chi connectivity index (χ1n) is 7.40. The van der Waals surface area contributed by atoms with Gasteiger partial charge in [0.2, 0.25) is 5.91 Å². The van der Waals surface area contributed by atoms with Gasteiger partial charge in [-0.1, -0.05) is 24.3 Å². The van der Waals surface area contributed by atoms with Crippen molar-refractivity contribution in [2.45, 2.75) is 37.0 Å². The maximum atomic E-state index is 12.1. The Morgan fingerprint density at radius 1 is 1.26 bits per heavy atom. The molecular formula is C16H19NO5S. The Morgan fingerprint density at radius 3 is 2.70 bits per heavy atom. The number of aryl methyl sites for hydroxylation is 1. The first kappa shape index (κ1) is 17.3. The molecule has 0 fully saturated rings. The van der Waals surface area contributed by atoms with Crippen molar-refractivity contribution in [1.29, 1.82) is 0 Å². The number of carboxylic acids is 2. The number of carbonyl (C=O) groups is 3. The van der Waals surface area contributed by atoms with Gasteiger partial charge in [0.25, 0.3) is 0 Å². The molecule has 0 bridgehead atoms. The number of thioether (sulfide) groups is 1. The quantitative estimate of drug-likeness (QED) is 0.701. The third-order valence-electron chi connectivity index (χ3n) is 3.76. The predicted molar refractivity (Wildman–Crippen MR) is 86.4 cm³/mol. The van der Waals surface area contributed by atoms with Crippen molar-refractivity contribution in [3.8, 4) is 0 Å². The maximum absolute atomic E-state index is 12.1. The van der Waals surface area contributed by atoms with Crippen LogP contribution in [-0.2, 0) is 20.8 Å². The third kappa shape index (κ3) is 4.99. The van der Waals surface area contributed by atoms with E-state index in [9.17, 15) is 14.4 Å². The summed E-state index contributed by atoms with van der Waals surface area (Å²) in [6.07, 6.45) is 2.34. The van der Waals surface area contributed by atoms with Gasteiger partial charge in [-0.3, -0.25) is 14.4 Å². The lowest BCUT2D eigenvalue weighted by Crippen LogP contribution is -2.33. The van der Waals surface area contributed by atoms with E-state index >= 15 is 0 Å². The van der Waals surface area contributed by atoms with Crippen LogP contribution in [0.5, 0.6) is 0 Å². The second-order valence-electron chi connectivity index (χ2n) is 5.45. The van der Waals surface area contributed by atoms with Crippen molar-refractivity contribution in [3.63, 3.8) is 0 Å². The third-order valence-corrected chi connectivity index (χ3v) is 4.96. The van der Waals surface area contributed by atoms with Gasteiger partial charge in [0, 0.05) is 0 Å². The normalized spacial score (nSPS) is 17.8. The molecule has 1 aliphatic carbocycles. The fourth-order valence-electron chi connectivity index (χ4n) is 2.69. The lowest BCUT2D eigenvalue weighted by atomic mass is 9.88. The molecule has 0 radical (unpaired) electrons. The van der Waals surface area contributed by atoms with E-state index in [0.29, 0.717) is 0 Å². The lowest BCUT2D eigenvalue weighted by molar-refractivity contribution is -0.142. The van der Waals surface area contributed by atoms with E-state index in [1.807, 2.05) is 18.2 Å². The molecule has 0 aromatic heterocycles. The van der Waals surface area contributed by atoms with Gasteiger partial charge in [0.1, 0.15) is 5.25 Å². The minimum Gasteiger partial charge on any atom is -0.481 e. The predicted octanol–water partition coefficient (Wildman–Crippen LogP) is 1.84. The van der Waals surface area contributed by atoms with Crippen molar-refractivity contribution < 1.29 is 24.6 Å². The van der Waals surface area contributed by atoms with Crippen LogP contribution >= 0.6 is 11.8 Å². The molecule has 0 unspecified atom stereocenters. The van der Waals surface area contributed by atoms with E-state index in [1.54, 1.807) is 0 Å². The molecule has 0 spiro atoms. The average molecular weight is 337 g/mol. The van der Waals surface area contributed by atoms with Gasteiger partial charge < -0.3 is 15.5 Å². The highest BCUT2D eigenvalue weighted by atomic mass is 32.2. The van der Waals surface area contributed by atoms with Gasteiger partial charge in [-0.15, -0.1) is 11.8 Å². The zero-order chi connectivity index (χ0) is 16.8. The molecular weight excluding hydrogens is 318 g/mol. The summed E-state index contributed by atoms with van der Waals surface area (Å²) in [5, 5.41) is 19.5. The van der Waals surface area contributed by atoms with Crippen LogP contribution in [0, 0.1) is 0 Å². The van der Waals surface area contributed by atoms with E-state index in [0.717, 1.165) is 36.6 Å². The maximum Gasteiger partial charge on any atom is 0.317 e. The molecule has 1 amide bonds. The van der Waals surface area contributed by atoms with E-state index in [4.69, 9.17) is 10.2 Å². The molecule has 124 valence electrons. The van der Waals surface area contributed by atoms with Crippen LogP contribution in [0.3, 0.4) is 0 Å². The van der Waals surface area contributed by atoms with E-state index in [-0.39, 0.29) is 17.7 Å². The van der Waals surface area contributed by atoms with Gasteiger partial charge in [-0.2, -0.15) is 0 Å². The van der Waals surface area contributed by atoms with E-state index in [1.165, 1.54) is 5.56 Å². The van der Waals surface area contributed by atoms with Crippen LogP contribution < -0.4 is 5.32 Å². The number of benzene rings is 1. The molecule has 3 N–H and O–H groups in total. The molecule has 0 saturated carbocycles. The molecule has 2 atom stereocenters. The zero-order valence-electron chi connectivity index (χ0n) is 12.5. The summed E-state index contributed by atoms with van der Waals surface area (Å²) in [4.78, 5) is 33.7. The first-order chi connectivity index (χ1) is 11.0. The van der Waals surface area contributed by atoms with Crippen molar-refractivity contribution >= 4 is 29.6 Å². The average Bonchev–Trinajstić information content (AvgIpc) is 2.51. The minimum atomic E-state index is -1.21. The molecule has 1 aliphatic rings. The molecule has 1 aromatic rings. The highest BCUT2D eigenvalue weighted by Crippen LogP contribution is 2.29. The smallest absolute Gasteiger partial charge is 0.317 e. The Kier molecular flexibility index (Phi) is 6.04. The summed E-state index contributed by atoms with van der Waals surface area (Å²) in [5.74, 6) is -2.74. The second kappa shape index (κ2) is 8.01. The summed E-state index contributed by atoms with van der Waals surface area (Å²) >= 11 is 0.844. The number of hydrogen-bond donors (Lipinski definition) is 3. The summed E-state index contributed by atoms with van der Waals surface area (Å²) < 4.78 is 0. The molecule has 2 rings (SSSR count). The van der Waals surface area contributed by atoms with Crippen molar-refractivity contribution in [3.05, 3.63) is 35.4 Å². The van der Waals surface area contributed by atoms with E-state index in [2.05, 4.69) is 11.4 Å². The van der Waals surface area contributed by atoms with Crippen molar-refractivity contribution in [1.82, 2.24) is 5.32 Å². The second-order valence-corrected chi connectivity index (χ2v) is 6.64. The van der Waals surface area contributed by atoms with Crippen molar-refractivity contribution in [2.75, 3.05) is 5.75 Å². The van der Waals surface area contributed by atoms with Crippen LogP contribution in [0.25, 0.3) is 0 Å². The topological polar surface area (TPSA) is 104 Å². The number of hydrogen-bond acceptors (Lipinski definition) is 4. The standard InChI is InChI=1S/C16H19NO5S/c18-14(9-23-13(16(21)22)8-15(19)20)17-12-7-3-5-10-4-1-2-6-11(10)12/h1-2,4,6,12-13H,3,5,7-9H2,(H,17,18)(H,19,20)(H,21,22)/t12-,13-/m0/s1. The van der Waals surface area contributed by atoms with Crippen LogP contribution in [0.15, 0.2) is 24.3 Å². The monoisotopic (exact) mass is 337 g/mol. The lowest BCUT2D eigenvalue weighted by Gasteiger charge is -2.26. The first-order valence-corrected chi connectivity index (χ1v) is 8.45. The molecule has 0 aliphatic heterocycles. The molecule has 6 nitrogen and oxygen atoms in total. The Labute approximate surface area is 138 Å². The van der Waals surface area contributed by atoms with Crippen LogP contribution in [0.1, 0.15) is 36.4 Å². The van der Waals surface area contributed by atoms with Gasteiger partial charge in [-0.05, 0) is 30.4 Å². The zero-order valence-corrected chi connectivity index (χ0v) is 13.3. The van der Waals surface area contributed by atoms with Gasteiger partial charge in [0.15, 0.2) is 0 Å². The number of nitrogens with one attached hydrogen (secondary N) is 1. The number of carbonyl (C=O) groups excluding carboxylic acids is 1. The summed E-state index contributed by atoms with van der Waals surface area (Å²) in [6.45, 7) is 0. The fraction of sp³-hybridized carbons (Fsp3) is 0.438. The summed E-state index contributed by atoms with van der Waals surface area (Å²) in [7, 11) is 0. The Morgan fingerprint density at radius 2 is 2.00 bits per heavy atom. The van der Waals surface area contributed by atoms with Crippen molar-refractivity contribution in [2.24, 2.45) is 0 Å². The number of fused-ring (bicyclic) bond motifs is 1. The summed E-state index contributed by atoms with van der Waals surface area (Å²) in [6, 6.07) is 7.90. The number of rotatable bonds is 7. The molecule has 0 saturated heterocycles. The number of carboxylic acid groups (broad SMARTS) is 2. The Balaban J connectivity index is 1.90. The van der Waals surface area contributed by atoms with Crippen LogP contribution in [-0.4, -0.2) is 39.1 Å². The van der Waals surface area contributed by atoms with Crippen LogP contribution in [0.4, 0.5) is 0 Å². The minimum absolute atomic E-state index is 0.0594. The van der Waals surface area contributed by atoms with Gasteiger partial charge in [-0.25, -0.2) is 0 Å². The SMILES string of the molecule is O=C(O)C[C@H](SCC(=O)N[C@H]1CCCc2ccccc21)C(=O)O. The van der Waals surface area contributed by atoms with Crippen LogP contribution in [0.2, 0.25) is 0 Å². The Hall–Kier alpha value is -2.02. The van der Waals surface area contributed by atoms with E-state index < -0.39 is 23.6 Å².